The van der Waals surface area contributed by atoms with Crippen LogP contribution in [0.2, 0.25) is 0 Å². The Morgan fingerprint density at radius 2 is 1.46 bits per heavy atom. The maximum absolute atomic E-state index is 13.0. The Labute approximate surface area is 161 Å². The van der Waals surface area contributed by atoms with Crippen LogP contribution in [0.25, 0.3) is 12.2 Å². The maximum Gasteiger partial charge on any atom is 0.272 e. The van der Waals surface area contributed by atoms with Crippen molar-refractivity contribution in [1.29, 1.82) is 0 Å². The highest BCUT2D eigenvalue weighted by atomic mass is 19.1. The Bertz CT molecular complexity index is 1160. The fraction of sp³-hybridized carbons (Fsp3) is 0.286. The summed E-state index contributed by atoms with van der Waals surface area (Å²) in [5, 5.41) is 0.209. The number of nitrogens with zero attached hydrogens (tertiary/aromatic N) is 1. The molecule has 0 aliphatic carbocycles. The van der Waals surface area contributed by atoms with Gasteiger partial charge in [0.1, 0.15) is 16.5 Å². The molecule has 2 aromatic heterocycles. The van der Waals surface area contributed by atoms with Crippen LogP contribution in [-0.2, 0) is 5.41 Å². The highest BCUT2D eigenvalue weighted by molar-refractivity contribution is 5.49. The SMILES string of the molecule is CC.CC(C)(C)c1[nH]cnc1/C=c1\[nH]c(=O)/c(=C/c2ccc(F)cc2)[nH]c1=O. The second-order valence-corrected chi connectivity index (χ2v) is 6.99. The number of nitrogens with one attached hydrogen (secondary N) is 3. The van der Waals surface area contributed by atoms with Gasteiger partial charge >= 0.3 is 0 Å². The molecule has 0 amide bonds. The van der Waals surface area contributed by atoms with E-state index in [2.05, 4.69) is 19.9 Å². The fourth-order valence-corrected chi connectivity index (χ4v) is 2.57. The number of hydrogen-bond donors (Lipinski definition) is 3. The number of rotatable bonds is 2. The molecule has 0 saturated heterocycles. The lowest BCUT2D eigenvalue weighted by atomic mass is 9.90. The van der Waals surface area contributed by atoms with Crippen LogP contribution in [0.4, 0.5) is 4.39 Å². The number of aromatic amines is 3. The van der Waals surface area contributed by atoms with Crippen molar-refractivity contribution in [2.24, 2.45) is 0 Å². The zero-order valence-electron chi connectivity index (χ0n) is 16.7. The summed E-state index contributed by atoms with van der Waals surface area (Å²) in [4.78, 5) is 37.1. The van der Waals surface area contributed by atoms with Crippen molar-refractivity contribution in [3.8, 4) is 0 Å². The zero-order chi connectivity index (χ0) is 20.9. The Hall–Kier alpha value is -3.22. The predicted molar refractivity (Wildman–Crippen MR) is 109 cm³/mol. The smallest absolute Gasteiger partial charge is 0.272 e. The highest BCUT2D eigenvalue weighted by Crippen LogP contribution is 2.22. The van der Waals surface area contributed by atoms with Gasteiger partial charge in [-0.3, -0.25) is 9.59 Å². The Kier molecular flexibility index (Phi) is 6.51. The number of hydrogen-bond acceptors (Lipinski definition) is 3. The van der Waals surface area contributed by atoms with E-state index in [4.69, 9.17) is 0 Å². The van der Waals surface area contributed by atoms with E-state index in [1.54, 1.807) is 12.4 Å². The third-order valence-electron chi connectivity index (χ3n) is 3.87. The molecule has 3 aromatic rings. The quantitative estimate of drug-likeness (QED) is 0.630. The molecule has 6 nitrogen and oxygen atoms in total. The first-order valence-corrected chi connectivity index (χ1v) is 9.09. The molecule has 2 heterocycles. The average Bonchev–Trinajstić information content (AvgIpc) is 3.11. The molecule has 1 aromatic carbocycles. The lowest BCUT2D eigenvalue weighted by molar-refractivity contribution is 0.571. The van der Waals surface area contributed by atoms with E-state index in [-0.39, 0.29) is 21.9 Å². The summed E-state index contributed by atoms with van der Waals surface area (Å²) < 4.78 is 13.0. The second-order valence-electron chi connectivity index (χ2n) is 6.99. The van der Waals surface area contributed by atoms with E-state index >= 15 is 0 Å². The molecule has 0 spiro atoms. The number of aromatic nitrogens is 4. The third kappa shape index (κ3) is 4.94. The van der Waals surface area contributed by atoms with E-state index in [9.17, 15) is 14.0 Å². The normalized spacial score (nSPS) is 12.6. The van der Waals surface area contributed by atoms with Crippen molar-refractivity contribution in [3.05, 3.63) is 84.8 Å². The average molecular weight is 384 g/mol. The van der Waals surface area contributed by atoms with Crippen LogP contribution < -0.4 is 21.8 Å². The van der Waals surface area contributed by atoms with Gasteiger partial charge in [-0.1, -0.05) is 46.8 Å². The minimum Gasteiger partial charge on any atom is -0.348 e. The molecule has 0 radical (unpaired) electrons. The van der Waals surface area contributed by atoms with Crippen LogP contribution in [0.3, 0.4) is 0 Å². The highest BCUT2D eigenvalue weighted by Gasteiger charge is 2.19. The summed E-state index contributed by atoms with van der Waals surface area (Å²) >= 11 is 0. The van der Waals surface area contributed by atoms with E-state index < -0.39 is 11.1 Å². The maximum atomic E-state index is 13.0. The van der Waals surface area contributed by atoms with E-state index in [1.165, 1.54) is 30.3 Å². The van der Waals surface area contributed by atoms with Crippen LogP contribution in [0.1, 0.15) is 51.6 Å². The molecular weight excluding hydrogens is 359 g/mol. The van der Waals surface area contributed by atoms with E-state index in [1.807, 2.05) is 34.6 Å². The van der Waals surface area contributed by atoms with Gasteiger partial charge in [0.15, 0.2) is 0 Å². The van der Waals surface area contributed by atoms with Crippen LogP contribution in [0, 0.1) is 5.82 Å². The van der Waals surface area contributed by atoms with Gasteiger partial charge < -0.3 is 15.0 Å². The molecule has 7 heteroatoms. The van der Waals surface area contributed by atoms with E-state index in [0.29, 0.717) is 11.3 Å². The van der Waals surface area contributed by atoms with Crippen LogP contribution >= 0.6 is 0 Å². The summed E-state index contributed by atoms with van der Waals surface area (Å²) in [6.45, 7) is 10.1. The third-order valence-corrected chi connectivity index (χ3v) is 3.87. The van der Waals surface area contributed by atoms with Crippen LogP contribution in [0.15, 0.2) is 40.2 Å². The van der Waals surface area contributed by atoms with Crippen molar-refractivity contribution in [3.63, 3.8) is 0 Å². The Morgan fingerprint density at radius 3 is 2.00 bits per heavy atom. The van der Waals surface area contributed by atoms with Crippen molar-refractivity contribution in [2.45, 2.75) is 40.0 Å². The van der Waals surface area contributed by atoms with Gasteiger partial charge in [-0.2, -0.15) is 0 Å². The van der Waals surface area contributed by atoms with Gasteiger partial charge in [-0.05, 0) is 29.8 Å². The minimum atomic E-state index is -0.451. The van der Waals surface area contributed by atoms with Crippen molar-refractivity contribution in [2.75, 3.05) is 0 Å². The molecule has 0 aliphatic rings. The number of benzene rings is 1. The first-order valence-electron chi connectivity index (χ1n) is 9.09. The molecule has 3 rings (SSSR count). The van der Waals surface area contributed by atoms with Gasteiger partial charge in [0, 0.05) is 11.1 Å². The summed E-state index contributed by atoms with van der Waals surface area (Å²) in [7, 11) is 0. The molecule has 28 heavy (non-hydrogen) atoms. The molecular formula is C21H25FN4O2. The molecule has 0 fully saturated rings. The van der Waals surface area contributed by atoms with Crippen LogP contribution in [-0.4, -0.2) is 19.9 Å². The molecule has 0 saturated carbocycles. The minimum absolute atomic E-state index is 0.0943. The van der Waals surface area contributed by atoms with Gasteiger partial charge in [-0.15, -0.1) is 0 Å². The van der Waals surface area contributed by atoms with Crippen molar-refractivity contribution in [1.82, 2.24) is 19.9 Å². The van der Waals surface area contributed by atoms with E-state index in [0.717, 1.165) is 5.69 Å². The molecule has 0 aliphatic heterocycles. The standard InChI is InChI=1S/C19H19FN4O2.C2H6/c1-19(2,3)16-13(21-10-22-16)9-15-18(26)23-14(17(25)24-15)8-11-4-6-12(20)7-5-11;1-2/h4-10H,1-3H3,(H,21,22)(H,23,26)(H,24,25);1-2H3/b14-8-,15-9-;. The zero-order valence-corrected chi connectivity index (χ0v) is 16.7. The van der Waals surface area contributed by atoms with Gasteiger partial charge in [0.2, 0.25) is 0 Å². The lowest BCUT2D eigenvalue weighted by Crippen LogP contribution is -2.46. The van der Waals surface area contributed by atoms with Gasteiger partial charge in [0.05, 0.1) is 12.0 Å². The molecule has 148 valence electrons. The summed E-state index contributed by atoms with van der Waals surface area (Å²) in [6.07, 6.45) is 4.58. The monoisotopic (exact) mass is 384 g/mol. The van der Waals surface area contributed by atoms with Gasteiger partial charge in [-0.25, -0.2) is 9.37 Å². The summed E-state index contributed by atoms with van der Waals surface area (Å²) in [5.74, 6) is -0.372. The summed E-state index contributed by atoms with van der Waals surface area (Å²) in [6, 6.07) is 5.61. The molecule has 0 atom stereocenters. The Morgan fingerprint density at radius 1 is 0.929 bits per heavy atom. The van der Waals surface area contributed by atoms with Gasteiger partial charge in [0.25, 0.3) is 11.1 Å². The number of halogens is 1. The van der Waals surface area contributed by atoms with Crippen LogP contribution in [0.5, 0.6) is 0 Å². The Balaban J connectivity index is 0.00000136. The topological polar surface area (TPSA) is 94.4 Å². The first kappa shape index (κ1) is 21.1. The number of imidazole rings is 1. The largest absolute Gasteiger partial charge is 0.348 e. The second kappa shape index (κ2) is 8.65. The first-order chi connectivity index (χ1) is 13.2. The molecule has 0 unspecified atom stereocenters. The lowest BCUT2D eigenvalue weighted by Gasteiger charge is -2.16. The number of H-pyrrole nitrogens is 3. The molecule has 0 bridgehead atoms. The van der Waals surface area contributed by atoms with Crippen molar-refractivity contribution >= 4 is 12.2 Å². The fourth-order valence-electron chi connectivity index (χ4n) is 2.57. The predicted octanol–water partition coefficient (Wildman–Crippen LogP) is 1.91. The van der Waals surface area contributed by atoms with Crippen molar-refractivity contribution < 1.29 is 4.39 Å². The summed E-state index contributed by atoms with van der Waals surface area (Å²) in [5.41, 5.74) is 0.972. The molecule has 3 N–H and O–H groups in total.